The largest absolute Gasteiger partial charge is 0.462 e. The van der Waals surface area contributed by atoms with Gasteiger partial charge in [-0.25, -0.2) is 14.5 Å². The van der Waals surface area contributed by atoms with Crippen molar-refractivity contribution in [2.45, 2.75) is 20.8 Å². The molecule has 46 heavy (non-hydrogen) atoms. The molecule has 8 nitrogen and oxygen atoms in total. The molecule has 8 heteroatoms. The van der Waals surface area contributed by atoms with Crippen molar-refractivity contribution in [2.75, 3.05) is 11.5 Å². The Morgan fingerprint density at radius 3 is 2.02 bits per heavy atom. The van der Waals surface area contributed by atoms with Crippen LogP contribution in [-0.2, 0) is 14.3 Å². The summed E-state index contributed by atoms with van der Waals surface area (Å²) in [5.41, 5.74) is 7.11. The van der Waals surface area contributed by atoms with E-state index in [1.165, 1.54) is 6.08 Å². The topological polar surface area (TPSA) is 97.7 Å². The maximum atomic E-state index is 13.9. The monoisotopic (exact) mass is 609 g/mol. The molecule has 0 saturated carbocycles. The summed E-state index contributed by atoms with van der Waals surface area (Å²) in [6.07, 6.45) is 1.54. The van der Waals surface area contributed by atoms with E-state index >= 15 is 0 Å². The van der Waals surface area contributed by atoms with Crippen LogP contribution in [-0.4, -0.2) is 35.0 Å². The van der Waals surface area contributed by atoms with Gasteiger partial charge in [0.25, 0.3) is 11.8 Å². The number of aromatic nitrogens is 1. The average Bonchev–Trinajstić information content (AvgIpc) is 3.45. The second-order valence-electron chi connectivity index (χ2n) is 10.9. The molecule has 1 N–H and O–H groups in total. The van der Waals surface area contributed by atoms with Crippen molar-refractivity contribution in [1.82, 2.24) is 9.88 Å². The number of nitrogens with one attached hydrogen (secondary N) is 1. The van der Waals surface area contributed by atoms with Gasteiger partial charge in [-0.1, -0.05) is 66.7 Å². The second kappa shape index (κ2) is 12.5. The Balaban J connectivity index is 1.57. The van der Waals surface area contributed by atoms with Gasteiger partial charge in [-0.3, -0.25) is 14.9 Å². The number of hydrogen-bond acceptors (Lipinski definition) is 5. The van der Waals surface area contributed by atoms with Gasteiger partial charge in [0.05, 0.1) is 29.2 Å². The van der Waals surface area contributed by atoms with E-state index in [1.807, 2.05) is 103 Å². The van der Waals surface area contributed by atoms with Crippen molar-refractivity contribution in [3.05, 3.63) is 137 Å². The third kappa shape index (κ3) is 5.64. The molecule has 0 bridgehead atoms. The zero-order chi connectivity index (χ0) is 32.4. The lowest BCUT2D eigenvalue weighted by molar-refractivity contribution is -0.122. The highest BCUT2D eigenvalue weighted by atomic mass is 16.5. The first-order valence-electron chi connectivity index (χ1n) is 14.9. The first kappa shape index (κ1) is 30.0. The normalized spacial score (nSPS) is 14.0. The lowest BCUT2D eigenvalue weighted by Crippen LogP contribution is -2.54. The number of urea groups is 1. The van der Waals surface area contributed by atoms with Gasteiger partial charge in [-0.15, -0.1) is 0 Å². The number of rotatable bonds is 7. The smallest absolute Gasteiger partial charge is 0.338 e. The lowest BCUT2D eigenvalue weighted by Gasteiger charge is -2.27. The summed E-state index contributed by atoms with van der Waals surface area (Å²) >= 11 is 0. The minimum atomic E-state index is -0.803. The summed E-state index contributed by atoms with van der Waals surface area (Å²) in [7, 11) is 0. The van der Waals surface area contributed by atoms with Crippen molar-refractivity contribution in [3.8, 4) is 28.2 Å². The molecule has 0 radical (unpaired) electrons. The molecule has 2 heterocycles. The van der Waals surface area contributed by atoms with Crippen molar-refractivity contribution in [1.29, 1.82) is 0 Å². The standard InChI is InChI=1S/C38H31N3O5/c1-4-46-37(44)28-16-19-30(20-17-28)40-33(26-11-7-5-8-12-26)23-29(34(40)27-13-9-6-10-14-27)22-32-35(42)39-38(45)41(36(32)43)31-18-15-24(2)25(3)21-31/h5-23H,4H2,1-3H3,(H,39,42,45). The molecule has 1 saturated heterocycles. The van der Waals surface area contributed by atoms with Crippen molar-refractivity contribution in [2.24, 2.45) is 0 Å². The van der Waals surface area contributed by atoms with Crippen molar-refractivity contribution in [3.63, 3.8) is 0 Å². The van der Waals surface area contributed by atoms with E-state index in [0.717, 1.165) is 38.5 Å². The van der Waals surface area contributed by atoms with E-state index in [0.29, 0.717) is 22.5 Å². The highest BCUT2D eigenvalue weighted by Crippen LogP contribution is 2.38. The van der Waals surface area contributed by atoms with Gasteiger partial charge in [-0.2, -0.15) is 0 Å². The van der Waals surface area contributed by atoms with Gasteiger partial charge in [0.1, 0.15) is 5.57 Å². The summed E-state index contributed by atoms with van der Waals surface area (Å²) < 4.78 is 7.21. The van der Waals surface area contributed by atoms with Gasteiger partial charge in [0, 0.05) is 11.3 Å². The summed E-state index contributed by atoms with van der Waals surface area (Å²) in [6.45, 7) is 5.86. The second-order valence-corrected chi connectivity index (χ2v) is 10.9. The third-order valence-electron chi connectivity index (χ3n) is 7.93. The van der Waals surface area contributed by atoms with Gasteiger partial charge in [0.2, 0.25) is 0 Å². The van der Waals surface area contributed by atoms with Crippen LogP contribution in [0, 0.1) is 13.8 Å². The quantitative estimate of drug-likeness (QED) is 0.119. The van der Waals surface area contributed by atoms with Gasteiger partial charge < -0.3 is 9.30 Å². The van der Waals surface area contributed by atoms with Crippen LogP contribution in [0.3, 0.4) is 0 Å². The third-order valence-corrected chi connectivity index (χ3v) is 7.93. The van der Waals surface area contributed by atoms with Crippen LogP contribution in [0.2, 0.25) is 0 Å². The van der Waals surface area contributed by atoms with Crippen molar-refractivity contribution < 1.29 is 23.9 Å². The first-order valence-corrected chi connectivity index (χ1v) is 14.9. The highest BCUT2D eigenvalue weighted by molar-refractivity contribution is 6.39. The number of imide groups is 2. The minimum Gasteiger partial charge on any atom is -0.462 e. The number of carbonyl (C=O) groups is 4. The molecule has 1 aromatic heterocycles. The zero-order valence-electron chi connectivity index (χ0n) is 25.6. The fourth-order valence-corrected chi connectivity index (χ4v) is 5.49. The summed E-state index contributed by atoms with van der Waals surface area (Å²) in [4.78, 5) is 53.5. The number of hydrogen-bond donors (Lipinski definition) is 1. The minimum absolute atomic E-state index is 0.176. The Bertz CT molecular complexity index is 2010. The maximum Gasteiger partial charge on any atom is 0.338 e. The molecule has 4 amide bonds. The van der Waals surface area contributed by atoms with Crippen LogP contribution >= 0.6 is 0 Å². The summed E-state index contributed by atoms with van der Waals surface area (Å²) in [6, 6.07) is 32.8. The fourth-order valence-electron chi connectivity index (χ4n) is 5.49. The number of esters is 1. The number of carbonyl (C=O) groups excluding carboxylic acids is 4. The molecule has 1 aliphatic heterocycles. The molecular weight excluding hydrogens is 578 g/mol. The molecule has 0 aliphatic carbocycles. The van der Waals surface area contributed by atoms with E-state index in [2.05, 4.69) is 5.32 Å². The number of barbiturate groups is 1. The van der Waals surface area contributed by atoms with E-state index in [-0.39, 0.29) is 12.2 Å². The molecule has 4 aromatic carbocycles. The summed E-state index contributed by atoms with van der Waals surface area (Å²) in [5, 5.41) is 2.34. The number of aryl methyl sites for hydroxylation is 2. The Kier molecular flexibility index (Phi) is 8.18. The number of anilines is 1. The van der Waals surface area contributed by atoms with Crippen LogP contribution in [0.25, 0.3) is 34.3 Å². The van der Waals surface area contributed by atoms with E-state index in [9.17, 15) is 19.2 Å². The Labute approximate surface area is 266 Å². The molecule has 6 rings (SSSR count). The molecule has 5 aromatic rings. The Morgan fingerprint density at radius 1 is 0.761 bits per heavy atom. The predicted molar refractivity (Wildman–Crippen MR) is 178 cm³/mol. The maximum absolute atomic E-state index is 13.9. The number of amides is 4. The zero-order valence-corrected chi connectivity index (χ0v) is 25.6. The number of ether oxygens (including phenoxy) is 1. The van der Waals surface area contributed by atoms with Gasteiger partial charge in [-0.05, 0) is 91.6 Å². The predicted octanol–water partition coefficient (Wildman–Crippen LogP) is 7.27. The molecule has 0 spiro atoms. The van der Waals surface area contributed by atoms with Gasteiger partial charge >= 0.3 is 12.0 Å². The van der Waals surface area contributed by atoms with E-state index in [4.69, 9.17) is 4.74 Å². The first-order chi connectivity index (χ1) is 22.3. The molecule has 228 valence electrons. The number of nitrogens with zero attached hydrogens (tertiary/aromatic N) is 2. The fraction of sp³-hybridized carbons (Fsp3) is 0.105. The van der Waals surface area contributed by atoms with Gasteiger partial charge in [0.15, 0.2) is 0 Å². The molecule has 1 aliphatic rings. The molecule has 0 atom stereocenters. The highest BCUT2D eigenvalue weighted by Gasteiger charge is 2.37. The summed E-state index contributed by atoms with van der Waals surface area (Å²) in [5.74, 6) is -1.91. The SMILES string of the molecule is CCOC(=O)c1ccc(-n2c(-c3ccccc3)cc(C=C3C(=O)NC(=O)N(c4ccc(C)c(C)c4)C3=O)c2-c2ccccc2)cc1. The average molecular weight is 610 g/mol. The Hall–Kier alpha value is -6.02. The molecular formula is C38H31N3O5. The van der Waals surface area contributed by atoms with E-state index in [1.54, 1.807) is 31.2 Å². The number of benzene rings is 4. The van der Waals surface area contributed by atoms with Crippen molar-refractivity contribution >= 4 is 35.6 Å². The molecule has 0 unspecified atom stereocenters. The van der Waals surface area contributed by atoms with Crippen LogP contribution in [0.4, 0.5) is 10.5 Å². The van der Waals surface area contributed by atoms with Crippen LogP contribution in [0.5, 0.6) is 0 Å². The Morgan fingerprint density at radius 2 is 1.39 bits per heavy atom. The van der Waals surface area contributed by atoms with E-state index < -0.39 is 23.8 Å². The van der Waals surface area contributed by atoms with Crippen LogP contribution in [0.15, 0.2) is 115 Å². The van der Waals surface area contributed by atoms with Crippen LogP contribution in [0.1, 0.15) is 34.0 Å². The van der Waals surface area contributed by atoms with Crippen LogP contribution < -0.4 is 10.2 Å². The molecule has 1 fully saturated rings. The lowest BCUT2D eigenvalue weighted by atomic mass is 10.0.